The molecule has 0 spiro atoms. The van der Waals surface area contributed by atoms with E-state index < -0.39 is 0 Å². The Kier molecular flexibility index (Phi) is 3.57. The third-order valence-corrected chi connectivity index (χ3v) is 3.40. The van der Waals surface area contributed by atoms with Crippen molar-refractivity contribution < 1.29 is 0 Å². The summed E-state index contributed by atoms with van der Waals surface area (Å²) in [7, 11) is 0. The topological polar surface area (TPSA) is 46.0 Å². The molecule has 0 saturated carbocycles. The highest BCUT2D eigenvalue weighted by Crippen LogP contribution is 2.10. The van der Waals surface area contributed by atoms with Crippen LogP contribution in [0.25, 0.3) is 5.69 Å². The minimum Gasteiger partial charge on any atom is -0.314 e. The van der Waals surface area contributed by atoms with E-state index >= 15 is 0 Å². The molecular formula is C14H19N5. The van der Waals surface area contributed by atoms with E-state index in [9.17, 15) is 0 Å². The van der Waals surface area contributed by atoms with Gasteiger partial charge in [0.2, 0.25) is 0 Å². The molecule has 1 N–H and O–H groups in total. The Balaban J connectivity index is 1.72. The highest BCUT2D eigenvalue weighted by Gasteiger charge is 2.12. The molecule has 1 fully saturated rings. The van der Waals surface area contributed by atoms with Gasteiger partial charge < -0.3 is 5.32 Å². The second-order valence-electron chi connectivity index (χ2n) is 5.02. The van der Waals surface area contributed by atoms with Crippen molar-refractivity contribution in [2.24, 2.45) is 0 Å². The minimum absolute atomic E-state index is 0.882. The molecule has 0 aliphatic carbocycles. The van der Waals surface area contributed by atoms with Gasteiger partial charge >= 0.3 is 0 Å². The molecule has 0 amide bonds. The molecule has 0 atom stereocenters. The number of benzene rings is 1. The fourth-order valence-electron chi connectivity index (χ4n) is 2.37. The zero-order valence-corrected chi connectivity index (χ0v) is 11.2. The summed E-state index contributed by atoms with van der Waals surface area (Å²) in [4.78, 5) is 2.40. The normalized spacial score (nSPS) is 16.7. The van der Waals surface area contributed by atoms with Crippen molar-refractivity contribution in [3.63, 3.8) is 0 Å². The van der Waals surface area contributed by atoms with Crippen molar-refractivity contribution >= 4 is 0 Å². The van der Waals surface area contributed by atoms with Gasteiger partial charge in [0.05, 0.1) is 17.6 Å². The first-order valence-electron chi connectivity index (χ1n) is 6.72. The van der Waals surface area contributed by atoms with Crippen molar-refractivity contribution in [3.8, 4) is 5.69 Å². The van der Waals surface area contributed by atoms with Gasteiger partial charge in [-0.2, -0.15) is 0 Å². The predicted octanol–water partition coefficient (Wildman–Crippen LogP) is 0.981. The average molecular weight is 257 g/mol. The Morgan fingerprint density at radius 2 is 2.11 bits per heavy atom. The lowest BCUT2D eigenvalue weighted by Gasteiger charge is -2.25. The SMILES string of the molecule is Cc1cccc(-n2cc(CN3CCNCC3)nn2)c1. The van der Waals surface area contributed by atoms with E-state index in [0.717, 1.165) is 44.1 Å². The molecule has 3 rings (SSSR count). The van der Waals surface area contributed by atoms with Gasteiger partial charge in [-0.05, 0) is 24.6 Å². The quantitative estimate of drug-likeness (QED) is 0.890. The molecule has 2 aromatic rings. The van der Waals surface area contributed by atoms with Crippen LogP contribution in [0.1, 0.15) is 11.3 Å². The van der Waals surface area contributed by atoms with Gasteiger partial charge in [0.1, 0.15) is 0 Å². The van der Waals surface area contributed by atoms with E-state index in [4.69, 9.17) is 0 Å². The molecule has 5 heteroatoms. The number of aromatic nitrogens is 3. The monoisotopic (exact) mass is 257 g/mol. The Labute approximate surface area is 113 Å². The molecule has 1 aromatic heterocycles. The standard InChI is InChI=1S/C14H19N5/c1-12-3-2-4-14(9-12)19-11-13(16-17-19)10-18-7-5-15-6-8-18/h2-4,9,11,15H,5-8,10H2,1H3. The van der Waals surface area contributed by atoms with Crippen LogP contribution in [0, 0.1) is 6.92 Å². The maximum atomic E-state index is 4.27. The summed E-state index contributed by atoms with van der Waals surface area (Å²) in [6, 6.07) is 8.30. The highest BCUT2D eigenvalue weighted by atomic mass is 15.4. The number of rotatable bonds is 3. The lowest BCUT2D eigenvalue weighted by Crippen LogP contribution is -2.42. The summed E-state index contributed by atoms with van der Waals surface area (Å²) in [6.07, 6.45) is 2.02. The number of aryl methyl sites for hydroxylation is 1. The number of hydrogen-bond donors (Lipinski definition) is 1. The average Bonchev–Trinajstić information content (AvgIpc) is 2.88. The first-order valence-corrected chi connectivity index (χ1v) is 6.72. The van der Waals surface area contributed by atoms with Crippen LogP contribution in [0.15, 0.2) is 30.5 Å². The lowest BCUT2D eigenvalue weighted by atomic mass is 10.2. The lowest BCUT2D eigenvalue weighted by molar-refractivity contribution is 0.230. The maximum absolute atomic E-state index is 4.27. The number of hydrogen-bond acceptors (Lipinski definition) is 4. The summed E-state index contributed by atoms with van der Waals surface area (Å²) in [5.74, 6) is 0. The van der Waals surface area contributed by atoms with Crippen molar-refractivity contribution in [1.82, 2.24) is 25.2 Å². The molecule has 1 aromatic carbocycles. The number of piperazine rings is 1. The van der Waals surface area contributed by atoms with Crippen LogP contribution in [0.2, 0.25) is 0 Å². The van der Waals surface area contributed by atoms with Crippen LogP contribution >= 0.6 is 0 Å². The van der Waals surface area contributed by atoms with Crippen LogP contribution in [0.5, 0.6) is 0 Å². The van der Waals surface area contributed by atoms with E-state index in [0.29, 0.717) is 0 Å². The van der Waals surface area contributed by atoms with E-state index in [-0.39, 0.29) is 0 Å². The summed E-state index contributed by atoms with van der Waals surface area (Å²) in [5, 5.41) is 11.8. The maximum Gasteiger partial charge on any atom is 0.0971 e. The van der Waals surface area contributed by atoms with E-state index in [1.165, 1.54) is 5.56 Å². The molecule has 1 aliphatic heterocycles. The zero-order valence-electron chi connectivity index (χ0n) is 11.2. The third kappa shape index (κ3) is 3.00. The van der Waals surface area contributed by atoms with Gasteiger partial charge in [0.15, 0.2) is 0 Å². The minimum atomic E-state index is 0.882. The summed E-state index contributed by atoms with van der Waals surface area (Å²) in [6.45, 7) is 7.25. The molecule has 100 valence electrons. The molecule has 1 saturated heterocycles. The Bertz CT molecular complexity index is 542. The van der Waals surface area contributed by atoms with Crippen LogP contribution in [0.3, 0.4) is 0 Å². The fraction of sp³-hybridized carbons (Fsp3) is 0.429. The Hall–Kier alpha value is -1.72. The van der Waals surface area contributed by atoms with Crippen LogP contribution < -0.4 is 5.32 Å². The molecule has 1 aliphatic rings. The third-order valence-electron chi connectivity index (χ3n) is 3.40. The molecule has 5 nitrogen and oxygen atoms in total. The predicted molar refractivity (Wildman–Crippen MR) is 74.2 cm³/mol. The van der Waals surface area contributed by atoms with Crippen LogP contribution in [-0.2, 0) is 6.54 Å². The zero-order chi connectivity index (χ0) is 13.1. The Morgan fingerprint density at radius 1 is 1.26 bits per heavy atom. The summed E-state index contributed by atoms with van der Waals surface area (Å²) < 4.78 is 1.85. The summed E-state index contributed by atoms with van der Waals surface area (Å²) >= 11 is 0. The number of nitrogens with one attached hydrogen (secondary N) is 1. The van der Waals surface area contributed by atoms with Crippen molar-refractivity contribution in [3.05, 3.63) is 41.7 Å². The van der Waals surface area contributed by atoms with Crippen molar-refractivity contribution in [2.45, 2.75) is 13.5 Å². The highest BCUT2D eigenvalue weighted by molar-refractivity contribution is 5.34. The molecule has 19 heavy (non-hydrogen) atoms. The van der Waals surface area contributed by atoms with Gasteiger partial charge in [-0.3, -0.25) is 4.90 Å². The van der Waals surface area contributed by atoms with Gasteiger partial charge in [0, 0.05) is 32.7 Å². The van der Waals surface area contributed by atoms with Gasteiger partial charge in [-0.25, -0.2) is 4.68 Å². The van der Waals surface area contributed by atoms with E-state index in [1.54, 1.807) is 0 Å². The Morgan fingerprint density at radius 3 is 2.89 bits per heavy atom. The van der Waals surface area contributed by atoms with Crippen LogP contribution in [0.4, 0.5) is 0 Å². The molecule has 0 unspecified atom stereocenters. The first kappa shape index (κ1) is 12.3. The van der Waals surface area contributed by atoms with Gasteiger partial charge in [-0.1, -0.05) is 17.3 Å². The van der Waals surface area contributed by atoms with Crippen LogP contribution in [-0.4, -0.2) is 46.1 Å². The first-order chi connectivity index (χ1) is 9.31. The van der Waals surface area contributed by atoms with E-state index in [1.807, 2.05) is 16.9 Å². The second kappa shape index (κ2) is 5.50. The van der Waals surface area contributed by atoms with E-state index in [2.05, 4.69) is 45.7 Å². The van der Waals surface area contributed by atoms with Crippen molar-refractivity contribution in [1.29, 1.82) is 0 Å². The largest absolute Gasteiger partial charge is 0.314 e. The van der Waals surface area contributed by atoms with Gasteiger partial charge in [0.25, 0.3) is 0 Å². The molecular weight excluding hydrogens is 238 g/mol. The molecule has 0 radical (unpaired) electrons. The smallest absolute Gasteiger partial charge is 0.0971 e. The fourth-order valence-corrected chi connectivity index (χ4v) is 2.37. The van der Waals surface area contributed by atoms with Crippen molar-refractivity contribution in [2.75, 3.05) is 26.2 Å². The summed E-state index contributed by atoms with van der Waals surface area (Å²) in [5.41, 5.74) is 3.33. The molecule has 0 bridgehead atoms. The second-order valence-corrected chi connectivity index (χ2v) is 5.02. The number of nitrogens with zero attached hydrogens (tertiary/aromatic N) is 4. The van der Waals surface area contributed by atoms with Gasteiger partial charge in [-0.15, -0.1) is 5.10 Å². The molecule has 2 heterocycles.